The highest BCUT2D eigenvalue weighted by atomic mass is 15.3. The van der Waals surface area contributed by atoms with Gasteiger partial charge in [-0.15, -0.1) is 0 Å². The zero-order chi connectivity index (χ0) is 20.5. The molecule has 0 aromatic rings. The predicted octanol–water partition coefficient (Wildman–Crippen LogP) is 0.863. The van der Waals surface area contributed by atoms with E-state index in [-0.39, 0.29) is 0 Å². The maximum absolute atomic E-state index is 8.94. The van der Waals surface area contributed by atoms with Crippen molar-refractivity contribution in [2.24, 2.45) is 0 Å². The molecule has 0 radical (unpaired) electrons. The molecule has 0 bridgehead atoms. The van der Waals surface area contributed by atoms with E-state index in [0.29, 0.717) is 25.7 Å². The van der Waals surface area contributed by atoms with Gasteiger partial charge in [0.05, 0.1) is 24.3 Å². The van der Waals surface area contributed by atoms with Crippen LogP contribution in [0.3, 0.4) is 0 Å². The molecule has 1 fully saturated rings. The molecule has 8 nitrogen and oxygen atoms in total. The largest absolute Gasteiger partial charge is 0.300 e. The summed E-state index contributed by atoms with van der Waals surface area (Å²) >= 11 is 0. The normalized spacial score (nSPS) is 18.7. The summed E-state index contributed by atoms with van der Waals surface area (Å²) in [6.45, 7) is 9.99. The van der Waals surface area contributed by atoms with Crippen LogP contribution in [0.25, 0.3) is 0 Å². The molecule has 1 saturated heterocycles. The van der Waals surface area contributed by atoms with E-state index in [0.717, 1.165) is 78.5 Å². The lowest BCUT2D eigenvalue weighted by Gasteiger charge is -2.33. The molecule has 28 heavy (non-hydrogen) atoms. The van der Waals surface area contributed by atoms with Crippen molar-refractivity contribution in [2.45, 2.75) is 25.7 Å². The van der Waals surface area contributed by atoms with Crippen LogP contribution in [0.5, 0.6) is 0 Å². The van der Waals surface area contributed by atoms with Gasteiger partial charge < -0.3 is 0 Å². The monoisotopic (exact) mass is 384 g/mol. The Kier molecular flexibility index (Phi) is 13.5. The smallest absolute Gasteiger partial charge is 0.0635 e. The summed E-state index contributed by atoms with van der Waals surface area (Å²) < 4.78 is 0. The molecule has 0 aliphatic carbocycles. The minimum atomic E-state index is 0.512. The molecule has 1 heterocycles. The SMILES string of the molecule is N#CCCN1CCN(CCC#N)CCN(CCC#N)CCN(CCC#N)CC1. The van der Waals surface area contributed by atoms with Crippen LogP contribution in [0.1, 0.15) is 25.7 Å². The Morgan fingerprint density at radius 1 is 0.393 bits per heavy atom. The van der Waals surface area contributed by atoms with Gasteiger partial charge in [-0.2, -0.15) is 21.0 Å². The number of rotatable bonds is 8. The summed E-state index contributed by atoms with van der Waals surface area (Å²) in [4.78, 5) is 9.27. The minimum Gasteiger partial charge on any atom is -0.300 e. The molecule has 0 saturated carbocycles. The topological polar surface area (TPSA) is 108 Å². The first-order valence-corrected chi connectivity index (χ1v) is 10.1. The molecule has 0 aromatic carbocycles. The van der Waals surface area contributed by atoms with Crippen LogP contribution in [-0.2, 0) is 0 Å². The van der Waals surface area contributed by atoms with E-state index in [4.69, 9.17) is 21.0 Å². The van der Waals surface area contributed by atoms with Crippen LogP contribution in [0, 0.1) is 45.3 Å². The van der Waals surface area contributed by atoms with Crippen LogP contribution in [0.15, 0.2) is 0 Å². The molecule has 0 amide bonds. The summed E-state index contributed by atoms with van der Waals surface area (Å²) in [5.41, 5.74) is 0. The number of hydrogen-bond donors (Lipinski definition) is 0. The van der Waals surface area contributed by atoms with Gasteiger partial charge in [0.25, 0.3) is 0 Å². The van der Waals surface area contributed by atoms with Crippen molar-refractivity contribution in [1.82, 2.24) is 19.6 Å². The Morgan fingerprint density at radius 3 is 0.714 bits per heavy atom. The fourth-order valence-corrected chi connectivity index (χ4v) is 3.31. The Hall–Kier alpha value is -2.20. The average Bonchev–Trinajstić information content (AvgIpc) is 2.71. The summed E-state index contributed by atoms with van der Waals surface area (Å²) in [5.74, 6) is 0. The fraction of sp³-hybridized carbons (Fsp3) is 0.800. The van der Waals surface area contributed by atoms with E-state index in [1.54, 1.807) is 0 Å². The maximum atomic E-state index is 8.94. The number of nitriles is 4. The highest BCUT2D eigenvalue weighted by molar-refractivity contribution is 4.80. The van der Waals surface area contributed by atoms with Gasteiger partial charge >= 0.3 is 0 Å². The van der Waals surface area contributed by atoms with Gasteiger partial charge in [-0.3, -0.25) is 19.6 Å². The van der Waals surface area contributed by atoms with Crippen molar-refractivity contribution in [3.63, 3.8) is 0 Å². The molecule has 0 atom stereocenters. The number of nitrogens with zero attached hydrogens (tertiary/aromatic N) is 8. The van der Waals surface area contributed by atoms with Gasteiger partial charge in [-0.1, -0.05) is 0 Å². The predicted molar refractivity (Wildman–Crippen MR) is 107 cm³/mol. The molecule has 1 aliphatic rings. The molecular formula is C20H32N8. The highest BCUT2D eigenvalue weighted by Gasteiger charge is 2.16. The van der Waals surface area contributed by atoms with E-state index in [2.05, 4.69) is 43.9 Å². The van der Waals surface area contributed by atoms with Crippen molar-refractivity contribution in [2.75, 3.05) is 78.5 Å². The standard InChI is InChI=1S/C20H32N8/c21-5-1-9-25-13-15-26(10-2-6-22)17-19-28(12-4-8-24)20-18-27(16-14-25)11-3-7-23/h1-4,9-20H2. The second-order valence-corrected chi connectivity index (χ2v) is 7.00. The second-order valence-electron chi connectivity index (χ2n) is 7.00. The third-order valence-electron chi connectivity index (χ3n) is 5.09. The van der Waals surface area contributed by atoms with Gasteiger partial charge in [0.15, 0.2) is 0 Å². The molecule has 0 unspecified atom stereocenters. The van der Waals surface area contributed by atoms with Gasteiger partial charge in [-0.05, 0) is 0 Å². The first kappa shape index (κ1) is 23.8. The van der Waals surface area contributed by atoms with E-state index >= 15 is 0 Å². The van der Waals surface area contributed by atoms with Crippen molar-refractivity contribution < 1.29 is 0 Å². The lowest BCUT2D eigenvalue weighted by molar-refractivity contribution is 0.136. The molecule has 152 valence electrons. The lowest BCUT2D eigenvalue weighted by Crippen LogP contribution is -2.46. The van der Waals surface area contributed by atoms with Crippen molar-refractivity contribution >= 4 is 0 Å². The van der Waals surface area contributed by atoms with Crippen LogP contribution in [-0.4, -0.2) is 98.1 Å². The maximum Gasteiger partial charge on any atom is 0.0635 e. The zero-order valence-corrected chi connectivity index (χ0v) is 16.9. The Bertz CT molecular complexity index is 459. The van der Waals surface area contributed by atoms with Crippen LogP contribution < -0.4 is 0 Å². The molecular weight excluding hydrogens is 352 g/mol. The molecule has 0 aromatic heterocycles. The summed E-state index contributed by atoms with van der Waals surface area (Å²) in [7, 11) is 0. The Morgan fingerprint density at radius 2 is 0.571 bits per heavy atom. The van der Waals surface area contributed by atoms with E-state index in [9.17, 15) is 0 Å². The Balaban J connectivity index is 2.79. The van der Waals surface area contributed by atoms with E-state index < -0.39 is 0 Å². The number of hydrogen-bond acceptors (Lipinski definition) is 8. The lowest BCUT2D eigenvalue weighted by atomic mass is 10.3. The van der Waals surface area contributed by atoms with E-state index in [1.165, 1.54) is 0 Å². The minimum absolute atomic E-state index is 0.512. The van der Waals surface area contributed by atoms with Crippen LogP contribution >= 0.6 is 0 Å². The van der Waals surface area contributed by atoms with Gasteiger partial charge in [0.2, 0.25) is 0 Å². The second kappa shape index (κ2) is 15.8. The third-order valence-corrected chi connectivity index (χ3v) is 5.09. The van der Waals surface area contributed by atoms with Crippen molar-refractivity contribution in [1.29, 1.82) is 21.0 Å². The van der Waals surface area contributed by atoms with Gasteiger partial charge in [-0.25, -0.2) is 0 Å². The fourth-order valence-electron chi connectivity index (χ4n) is 3.31. The molecule has 0 spiro atoms. The first-order valence-electron chi connectivity index (χ1n) is 10.1. The summed E-state index contributed by atoms with van der Waals surface area (Å²) in [6.07, 6.45) is 2.05. The van der Waals surface area contributed by atoms with E-state index in [1.807, 2.05) is 0 Å². The molecule has 1 rings (SSSR count). The first-order chi connectivity index (χ1) is 13.7. The van der Waals surface area contributed by atoms with Crippen molar-refractivity contribution in [3.8, 4) is 24.3 Å². The summed E-state index contributed by atoms with van der Waals surface area (Å²) in [5, 5.41) is 35.8. The van der Waals surface area contributed by atoms with Crippen LogP contribution in [0.2, 0.25) is 0 Å². The quantitative estimate of drug-likeness (QED) is 0.606. The van der Waals surface area contributed by atoms with Gasteiger partial charge in [0.1, 0.15) is 0 Å². The third kappa shape index (κ3) is 10.8. The van der Waals surface area contributed by atoms with Crippen molar-refractivity contribution in [3.05, 3.63) is 0 Å². The Labute approximate surface area is 169 Å². The summed E-state index contributed by atoms with van der Waals surface area (Å²) in [6, 6.07) is 8.92. The highest BCUT2D eigenvalue weighted by Crippen LogP contribution is 2.03. The van der Waals surface area contributed by atoms with Gasteiger partial charge in [0, 0.05) is 104 Å². The molecule has 0 N–H and O–H groups in total. The van der Waals surface area contributed by atoms with Crippen LogP contribution in [0.4, 0.5) is 0 Å². The molecule has 8 heteroatoms. The average molecular weight is 385 g/mol. The molecule has 1 aliphatic heterocycles. The zero-order valence-electron chi connectivity index (χ0n) is 16.9.